The minimum Gasteiger partial charge on any atom is -0.386 e. The molecule has 4 atom stereocenters. The fourth-order valence-corrected chi connectivity index (χ4v) is 5.10. The lowest BCUT2D eigenvalue weighted by molar-refractivity contribution is -0.134. The topological polar surface area (TPSA) is 72.2 Å². The molecule has 6 nitrogen and oxygen atoms in total. The lowest BCUT2D eigenvalue weighted by Crippen LogP contribution is -2.50. The Kier molecular flexibility index (Phi) is 4.46. The number of aromatic nitrogens is 3. The highest BCUT2D eigenvalue weighted by molar-refractivity contribution is 7.12. The van der Waals surface area contributed by atoms with Crippen molar-refractivity contribution in [2.75, 3.05) is 6.61 Å². The number of hydrogen-bond donors (Lipinski definition) is 2. The van der Waals surface area contributed by atoms with Crippen LogP contribution in [0.2, 0.25) is 0 Å². The van der Waals surface area contributed by atoms with Crippen molar-refractivity contribution in [2.24, 2.45) is 7.00 Å². The number of aryl methyl sites for hydroxylation is 1. The van der Waals surface area contributed by atoms with Crippen molar-refractivity contribution in [3.8, 4) is 0 Å². The molecule has 0 unspecified atom stereocenters. The van der Waals surface area contributed by atoms with Crippen LogP contribution in [-0.2, 0) is 23.5 Å². The zero-order valence-corrected chi connectivity index (χ0v) is 14.6. The first-order valence-corrected chi connectivity index (χ1v) is 8.96. The van der Waals surface area contributed by atoms with E-state index < -0.39 is 29.8 Å². The third-order valence-electron chi connectivity index (χ3n) is 4.87. The van der Waals surface area contributed by atoms with Gasteiger partial charge in [-0.05, 0) is 19.4 Å². The van der Waals surface area contributed by atoms with Gasteiger partial charge in [0.2, 0.25) is 0 Å². The number of alkyl halides is 3. The first-order valence-electron chi connectivity index (χ1n) is 9.30. The predicted octanol–water partition coefficient (Wildman–Crippen LogP) is 3.30. The molecule has 2 aliphatic heterocycles. The van der Waals surface area contributed by atoms with Gasteiger partial charge in [-0.15, -0.1) is 16.4 Å². The molecule has 27 heavy (non-hydrogen) atoms. The van der Waals surface area contributed by atoms with Crippen molar-refractivity contribution < 1.29 is 25.8 Å². The van der Waals surface area contributed by atoms with E-state index in [0.29, 0.717) is 34.7 Å². The number of rotatable bonds is 1. The van der Waals surface area contributed by atoms with E-state index in [2.05, 4.69) is 15.6 Å². The zero-order valence-electron chi connectivity index (χ0n) is 15.8. The highest BCUT2D eigenvalue weighted by atomic mass is 32.1. The van der Waals surface area contributed by atoms with Crippen molar-refractivity contribution in [3.63, 3.8) is 0 Å². The first-order chi connectivity index (χ1) is 13.1. The van der Waals surface area contributed by atoms with Crippen molar-refractivity contribution in [1.82, 2.24) is 20.3 Å². The van der Waals surface area contributed by atoms with E-state index >= 15 is 0 Å². The maximum Gasteiger partial charge on any atom is 0.425 e. The molecular formula is C17H23F3N4O2S. The summed E-state index contributed by atoms with van der Waals surface area (Å²) in [6.45, 7) is 0.493. The number of nitrogens with one attached hydrogen (secondary N) is 1. The first kappa shape index (κ1) is 17.6. The summed E-state index contributed by atoms with van der Waals surface area (Å²) in [5.41, 5.74) is -0.194. The number of fused-ring (bicyclic) bond motifs is 2. The summed E-state index contributed by atoms with van der Waals surface area (Å²) in [5.74, 6) is 0. The second kappa shape index (κ2) is 6.84. The van der Waals surface area contributed by atoms with E-state index in [1.165, 1.54) is 6.20 Å². The molecule has 4 rings (SSSR count). The van der Waals surface area contributed by atoms with Gasteiger partial charge in [-0.3, -0.25) is 4.68 Å². The molecule has 0 bridgehead atoms. The van der Waals surface area contributed by atoms with Crippen LogP contribution in [0.1, 0.15) is 63.1 Å². The van der Waals surface area contributed by atoms with Crippen molar-refractivity contribution in [3.05, 3.63) is 33.3 Å². The minimum absolute atomic E-state index is 0. The third kappa shape index (κ3) is 3.51. The Bertz CT molecular complexity index is 875. The molecule has 2 N–H and O–H groups in total. The number of aliphatic hydroxyl groups excluding tert-OH is 1. The number of aliphatic hydroxyl groups is 1. The van der Waals surface area contributed by atoms with Crippen LogP contribution in [0.5, 0.6) is 0 Å². The van der Waals surface area contributed by atoms with Crippen molar-refractivity contribution in [1.29, 1.82) is 0 Å². The Morgan fingerprint density at radius 3 is 2.93 bits per heavy atom. The quantitative estimate of drug-likeness (QED) is 0.710. The maximum absolute atomic E-state index is 13.3. The average Bonchev–Trinajstić information content (AvgIpc) is 3.25. The van der Waals surface area contributed by atoms with E-state index in [1.54, 1.807) is 0 Å². The van der Waals surface area contributed by atoms with Gasteiger partial charge in [0, 0.05) is 38.8 Å². The molecule has 2 aromatic heterocycles. The molecule has 0 saturated carbocycles. The Morgan fingerprint density at radius 2 is 2.26 bits per heavy atom. The Morgan fingerprint density at radius 1 is 1.48 bits per heavy atom. The van der Waals surface area contributed by atoms with Crippen molar-refractivity contribution in [2.45, 2.75) is 57.2 Å². The van der Waals surface area contributed by atoms with Crippen LogP contribution < -0.4 is 5.32 Å². The molecule has 0 radical (unpaired) electrons. The van der Waals surface area contributed by atoms with Gasteiger partial charge in [-0.2, -0.15) is 13.2 Å². The molecule has 10 heteroatoms. The van der Waals surface area contributed by atoms with Gasteiger partial charge in [0.05, 0.1) is 18.3 Å². The number of piperidine rings is 1. The molecule has 1 fully saturated rings. The lowest BCUT2D eigenvalue weighted by atomic mass is 9.87. The highest BCUT2D eigenvalue weighted by Crippen LogP contribution is 2.52. The van der Waals surface area contributed by atoms with Gasteiger partial charge in [-0.1, -0.05) is 12.6 Å². The van der Waals surface area contributed by atoms with E-state index in [9.17, 15) is 18.3 Å². The van der Waals surface area contributed by atoms with Crippen LogP contribution in [0.4, 0.5) is 13.2 Å². The summed E-state index contributed by atoms with van der Waals surface area (Å²) >= 11 is 0.622. The van der Waals surface area contributed by atoms with Gasteiger partial charge < -0.3 is 15.2 Å². The normalized spacial score (nSPS) is 32.0. The second-order valence-electron chi connectivity index (χ2n) is 6.87. The van der Waals surface area contributed by atoms with Crippen LogP contribution in [0.15, 0.2) is 12.3 Å². The SMILES string of the molecule is C.[2H]C([2H])n1cc([C@@H]2[13CH2][C@]3(C[C@H](C)N2)OC[C@@H](O)c2cc(C(F)(F)F)sc23)nn1. The summed E-state index contributed by atoms with van der Waals surface area (Å²) in [7, 11) is 0. The number of halogens is 3. The smallest absolute Gasteiger partial charge is 0.386 e. The lowest BCUT2D eigenvalue weighted by Gasteiger charge is -2.46. The van der Waals surface area contributed by atoms with Gasteiger partial charge in [0.1, 0.15) is 16.6 Å². The van der Waals surface area contributed by atoms with Gasteiger partial charge in [0.15, 0.2) is 0 Å². The van der Waals surface area contributed by atoms with E-state index in [-0.39, 0.29) is 31.7 Å². The van der Waals surface area contributed by atoms with Crippen LogP contribution in [0, 0.1) is 0 Å². The van der Waals surface area contributed by atoms with Gasteiger partial charge in [0.25, 0.3) is 0 Å². The Labute approximate surface area is 162 Å². The Balaban J connectivity index is 0.00000240. The number of ether oxygens (including phenoxy) is 1. The van der Waals surface area contributed by atoms with Crippen molar-refractivity contribution >= 4 is 11.3 Å². The summed E-state index contributed by atoms with van der Waals surface area (Å²) in [6, 6.07) is 0.569. The number of nitrogens with zero attached hydrogens (tertiary/aromatic N) is 3. The maximum atomic E-state index is 13.3. The fraction of sp³-hybridized carbons (Fsp3) is 0.647. The van der Waals surface area contributed by atoms with Crippen LogP contribution in [0.25, 0.3) is 0 Å². The zero-order chi connectivity index (χ0) is 20.3. The van der Waals surface area contributed by atoms with E-state index in [0.717, 1.165) is 10.7 Å². The number of thiophene rings is 1. The van der Waals surface area contributed by atoms with Gasteiger partial charge in [-0.25, -0.2) is 0 Å². The molecule has 0 aliphatic carbocycles. The Hall–Kier alpha value is -1.49. The second-order valence-corrected chi connectivity index (χ2v) is 7.92. The fourth-order valence-electron chi connectivity index (χ4n) is 3.85. The summed E-state index contributed by atoms with van der Waals surface area (Å²) in [6.07, 6.45) is -3.32. The van der Waals surface area contributed by atoms with Crippen LogP contribution >= 0.6 is 11.3 Å². The molecule has 2 aliphatic rings. The summed E-state index contributed by atoms with van der Waals surface area (Å²) in [5, 5.41) is 21.3. The van der Waals surface area contributed by atoms with Crippen LogP contribution in [0.3, 0.4) is 0 Å². The monoisotopic (exact) mass is 407 g/mol. The summed E-state index contributed by atoms with van der Waals surface area (Å²) in [4.78, 5) is -0.343. The third-order valence-corrected chi connectivity index (χ3v) is 6.25. The van der Waals surface area contributed by atoms with Gasteiger partial charge >= 0.3 is 6.18 Å². The molecule has 150 valence electrons. The molecule has 2 aromatic rings. The van der Waals surface area contributed by atoms with E-state index in [1.807, 2.05) is 6.92 Å². The molecule has 1 spiro atoms. The highest BCUT2D eigenvalue weighted by Gasteiger charge is 2.50. The standard InChI is InChI=1S/C16H19F3N4O2S.CH4/c1-8-4-15(5-10(20-8)11-6-23(2)22-21-11)14-9(12(24)7-25-15)3-13(26-14)16(17,18)19;/h3,6,8,10,12,20,24H,4-5,7H2,1-2H3;1H4/t8-,10-,12+,15-;/m0./s1/i2D2,5+1;. The minimum atomic E-state index is -4.49. The molecule has 0 amide bonds. The summed E-state index contributed by atoms with van der Waals surface area (Å²) < 4.78 is 61.7. The number of hydrogen-bond acceptors (Lipinski definition) is 6. The molecule has 0 aromatic carbocycles. The largest absolute Gasteiger partial charge is 0.425 e. The average molecular weight is 407 g/mol. The molecular weight excluding hydrogens is 382 g/mol. The van der Waals surface area contributed by atoms with E-state index in [4.69, 9.17) is 7.48 Å². The molecule has 1 saturated heterocycles. The molecule has 4 heterocycles. The predicted molar refractivity (Wildman–Crippen MR) is 94.2 cm³/mol. The van der Waals surface area contributed by atoms with Crippen LogP contribution in [-0.4, -0.2) is 32.7 Å².